The Hall–Kier alpha value is -1.09. The summed E-state index contributed by atoms with van der Waals surface area (Å²) >= 11 is 9.03. The van der Waals surface area contributed by atoms with Gasteiger partial charge in [0.25, 0.3) is 0 Å². The van der Waals surface area contributed by atoms with Crippen LogP contribution >= 0.6 is 27.5 Å². The van der Waals surface area contributed by atoms with Crippen LogP contribution in [0.5, 0.6) is 0 Å². The maximum Gasteiger partial charge on any atom is 0.241 e. The quantitative estimate of drug-likeness (QED) is 0.582. The van der Waals surface area contributed by atoms with Gasteiger partial charge in [0.2, 0.25) is 10.0 Å². The molecule has 0 saturated carbocycles. The zero-order valence-corrected chi connectivity index (χ0v) is 14.1. The molecular weight excluding hydrogens is 380 g/mol. The topological polar surface area (TPSA) is 90.0 Å². The van der Waals surface area contributed by atoms with Gasteiger partial charge in [0.15, 0.2) is 0 Å². The number of anilines is 1. The van der Waals surface area contributed by atoms with E-state index in [1.165, 1.54) is 12.1 Å². The SMILES string of the molecule is Nc1cc(Cl)cc(S(=O)(=O)NCCCn2ccnc2)c1Br. The van der Waals surface area contributed by atoms with Gasteiger partial charge in [-0.05, 0) is 34.5 Å². The van der Waals surface area contributed by atoms with Gasteiger partial charge in [-0.3, -0.25) is 0 Å². The number of aryl methyl sites for hydroxylation is 1. The van der Waals surface area contributed by atoms with Gasteiger partial charge in [-0.15, -0.1) is 0 Å². The fourth-order valence-electron chi connectivity index (χ4n) is 1.74. The van der Waals surface area contributed by atoms with E-state index in [0.717, 1.165) is 0 Å². The fourth-order valence-corrected chi connectivity index (χ4v) is 4.11. The molecule has 0 atom stereocenters. The average molecular weight is 394 g/mol. The molecule has 0 fully saturated rings. The highest BCUT2D eigenvalue weighted by Crippen LogP contribution is 2.31. The number of rotatable bonds is 6. The van der Waals surface area contributed by atoms with Crippen molar-refractivity contribution in [3.05, 3.63) is 40.3 Å². The first kappa shape index (κ1) is 16.3. The van der Waals surface area contributed by atoms with Crippen molar-refractivity contribution < 1.29 is 8.42 Å². The Morgan fingerprint density at radius 3 is 2.86 bits per heavy atom. The van der Waals surface area contributed by atoms with Crippen LogP contribution in [0.25, 0.3) is 0 Å². The van der Waals surface area contributed by atoms with E-state index in [2.05, 4.69) is 25.6 Å². The fraction of sp³-hybridized carbons (Fsp3) is 0.250. The minimum atomic E-state index is -3.66. The first-order valence-corrected chi connectivity index (χ1v) is 8.75. The molecule has 114 valence electrons. The third-order valence-electron chi connectivity index (χ3n) is 2.77. The van der Waals surface area contributed by atoms with Crippen LogP contribution in [0.15, 0.2) is 40.2 Å². The molecule has 0 aliphatic rings. The van der Waals surface area contributed by atoms with E-state index in [4.69, 9.17) is 17.3 Å². The Kier molecular flexibility index (Phi) is 5.26. The molecule has 2 aromatic rings. The molecule has 0 bridgehead atoms. The lowest BCUT2D eigenvalue weighted by Gasteiger charge is -2.10. The molecule has 0 aliphatic carbocycles. The molecule has 1 heterocycles. The van der Waals surface area contributed by atoms with E-state index in [1.807, 2.05) is 10.8 Å². The van der Waals surface area contributed by atoms with E-state index < -0.39 is 10.0 Å². The number of halogens is 2. The van der Waals surface area contributed by atoms with Crippen LogP contribution in [-0.2, 0) is 16.6 Å². The number of nitrogens with one attached hydrogen (secondary N) is 1. The third kappa shape index (κ3) is 4.19. The predicted molar refractivity (Wildman–Crippen MR) is 85.6 cm³/mol. The van der Waals surface area contributed by atoms with Crippen molar-refractivity contribution in [3.8, 4) is 0 Å². The largest absolute Gasteiger partial charge is 0.398 e. The van der Waals surface area contributed by atoms with Crippen LogP contribution in [0.3, 0.4) is 0 Å². The van der Waals surface area contributed by atoms with Gasteiger partial charge >= 0.3 is 0 Å². The summed E-state index contributed by atoms with van der Waals surface area (Å²) in [5, 5.41) is 0.273. The summed E-state index contributed by atoms with van der Waals surface area (Å²) in [6, 6.07) is 2.85. The van der Waals surface area contributed by atoms with Crippen molar-refractivity contribution in [3.63, 3.8) is 0 Å². The second-order valence-electron chi connectivity index (χ2n) is 4.36. The molecule has 0 spiro atoms. The smallest absolute Gasteiger partial charge is 0.241 e. The van der Waals surface area contributed by atoms with E-state index in [1.54, 1.807) is 12.5 Å². The standard InChI is InChI=1S/C12H14BrClN4O2S/c13-12-10(15)6-9(14)7-11(12)21(19,20)17-2-1-4-18-5-3-16-8-18/h3,5-8,17H,1-2,4,15H2. The third-order valence-corrected chi connectivity index (χ3v) is 5.62. The molecular formula is C12H14BrClN4O2S. The Bertz CT molecular complexity index is 719. The normalized spacial score (nSPS) is 11.7. The molecule has 0 aliphatic heterocycles. The maximum atomic E-state index is 12.2. The number of aromatic nitrogens is 2. The highest BCUT2D eigenvalue weighted by atomic mass is 79.9. The lowest BCUT2D eigenvalue weighted by molar-refractivity contribution is 0.569. The molecule has 21 heavy (non-hydrogen) atoms. The number of benzene rings is 1. The van der Waals surface area contributed by atoms with Crippen molar-refractivity contribution in [1.29, 1.82) is 0 Å². The molecule has 0 unspecified atom stereocenters. The van der Waals surface area contributed by atoms with Crippen molar-refractivity contribution >= 4 is 43.2 Å². The highest BCUT2D eigenvalue weighted by molar-refractivity contribution is 9.10. The number of nitrogens with two attached hydrogens (primary N) is 1. The molecule has 3 N–H and O–H groups in total. The first-order chi connectivity index (χ1) is 9.90. The first-order valence-electron chi connectivity index (χ1n) is 6.10. The Morgan fingerprint density at radius 2 is 2.19 bits per heavy atom. The Balaban J connectivity index is 2.02. The Labute approximate surface area is 136 Å². The van der Waals surface area contributed by atoms with Crippen LogP contribution in [0.2, 0.25) is 5.02 Å². The lowest BCUT2D eigenvalue weighted by atomic mass is 10.3. The van der Waals surface area contributed by atoms with E-state index in [-0.39, 0.29) is 15.6 Å². The second kappa shape index (κ2) is 6.78. The highest BCUT2D eigenvalue weighted by Gasteiger charge is 2.19. The van der Waals surface area contributed by atoms with Crippen LogP contribution in [0.1, 0.15) is 6.42 Å². The second-order valence-corrected chi connectivity index (χ2v) is 7.32. The summed E-state index contributed by atoms with van der Waals surface area (Å²) in [4.78, 5) is 3.95. The summed E-state index contributed by atoms with van der Waals surface area (Å²) in [6.07, 6.45) is 5.82. The van der Waals surface area contributed by atoms with E-state index in [9.17, 15) is 8.42 Å². The van der Waals surface area contributed by atoms with Crippen molar-refractivity contribution in [2.24, 2.45) is 0 Å². The minimum Gasteiger partial charge on any atom is -0.398 e. The number of nitrogens with zero attached hydrogens (tertiary/aromatic N) is 2. The molecule has 2 rings (SSSR count). The number of hydrogen-bond acceptors (Lipinski definition) is 4. The number of nitrogen functional groups attached to an aromatic ring is 1. The maximum absolute atomic E-state index is 12.2. The van der Waals surface area contributed by atoms with Gasteiger partial charge in [-0.25, -0.2) is 18.1 Å². The molecule has 9 heteroatoms. The van der Waals surface area contributed by atoms with Gasteiger partial charge < -0.3 is 10.3 Å². The average Bonchev–Trinajstić information content (AvgIpc) is 2.92. The molecule has 0 saturated heterocycles. The predicted octanol–water partition coefficient (Wildman–Crippen LogP) is 2.25. The monoisotopic (exact) mass is 392 g/mol. The molecule has 0 amide bonds. The summed E-state index contributed by atoms with van der Waals surface area (Å²) < 4.78 is 29.2. The molecule has 0 radical (unpaired) electrons. The van der Waals surface area contributed by atoms with Gasteiger partial charge in [-0.1, -0.05) is 11.6 Å². The van der Waals surface area contributed by atoms with Crippen LogP contribution in [-0.4, -0.2) is 24.5 Å². The van der Waals surface area contributed by atoms with Crippen molar-refractivity contribution in [2.75, 3.05) is 12.3 Å². The van der Waals surface area contributed by atoms with E-state index >= 15 is 0 Å². The minimum absolute atomic E-state index is 0.0372. The summed E-state index contributed by atoms with van der Waals surface area (Å²) in [5.41, 5.74) is 5.98. The van der Waals surface area contributed by atoms with E-state index in [0.29, 0.717) is 24.0 Å². The number of sulfonamides is 1. The van der Waals surface area contributed by atoms with Crippen molar-refractivity contribution in [1.82, 2.24) is 14.3 Å². The molecule has 6 nitrogen and oxygen atoms in total. The van der Waals surface area contributed by atoms with Gasteiger partial charge in [-0.2, -0.15) is 0 Å². The molecule has 1 aromatic heterocycles. The summed E-state index contributed by atoms with van der Waals surface area (Å²) in [5.74, 6) is 0. The van der Waals surface area contributed by atoms with Crippen molar-refractivity contribution in [2.45, 2.75) is 17.9 Å². The van der Waals surface area contributed by atoms with Gasteiger partial charge in [0, 0.05) is 36.2 Å². The number of imidazole rings is 1. The summed E-state index contributed by atoms with van der Waals surface area (Å²) in [7, 11) is -3.66. The zero-order chi connectivity index (χ0) is 15.5. The van der Waals surface area contributed by atoms with Crippen LogP contribution < -0.4 is 10.5 Å². The zero-order valence-electron chi connectivity index (χ0n) is 11.0. The number of hydrogen-bond donors (Lipinski definition) is 2. The van der Waals surface area contributed by atoms with Crippen LogP contribution in [0.4, 0.5) is 5.69 Å². The summed E-state index contributed by atoms with van der Waals surface area (Å²) in [6.45, 7) is 0.987. The Morgan fingerprint density at radius 1 is 1.43 bits per heavy atom. The lowest BCUT2D eigenvalue weighted by Crippen LogP contribution is -2.26. The van der Waals surface area contributed by atoms with Gasteiger partial charge in [0.1, 0.15) is 0 Å². The molecule has 1 aromatic carbocycles. The van der Waals surface area contributed by atoms with Crippen LogP contribution in [0, 0.1) is 0 Å². The van der Waals surface area contributed by atoms with Gasteiger partial charge in [0.05, 0.1) is 15.7 Å².